The van der Waals surface area contributed by atoms with Crippen LogP contribution in [0, 0.1) is 0 Å². The van der Waals surface area contributed by atoms with Gasteiger partial charge in [-0.25, -0.2) is 0 Å². The average molecular weight is 255 g/mol. The molecule has 1 saturated heterocycles. The van der Waals surface area contributed by atoms with Crippen LogP contribution in [0.25, 0.3) is 0 Å². The molecule has 1 heterocycles. The van der Waals surface area contributed by atoms with Crippen molar-refractivity contribution < 1.29 is 9.53 Å². The van der Waals surface area contributed by atoms with Crippen molar-refractivity contribution in [2.45, 2.75) is 57.4 Å². The summed E-state index contributed by atoms with van der Waals surface area (Å²) in [5.41, 5.74) is 5.46. The molecule has 0 aromatic rings. The molecule has 2 aliphatic rings. The molecule has 5 nitrogen and oxygen atoms in total. The fourth-order valence-corrected chi connectivity index (χ4v) is 2.47. The Balaban J connectivity index is 1.94. The van der Waals surface area contributed by atoms with E-state index in [0.717, 1.165) is 25.9 Å². The molecular weight excluding hydrogens is 230 g/mol. The first-order valence-electron chi connectivity index (χ1n) is 6.83. The van der Waals surface area contributed by atoms with Gasteiger partial charge < -0.3 is 15.8 Å². The summed E-state index contributed by atoms with van der Waals surface area (Å²) in [5.74, 6) is 0.131. The van der Waals surface area contributed by atoms with Crippen LogP contribution in [-0.2, 0) is 9.53 Å². The van der Waals surface area contributed by atoms with Crippen LogP contribution in [0.4, 0.5) is 0 Å². The number of amides is 1. The first-order valence-corrected chi connectivity index (χ1v) is 6.83. The average Bonchev–Trinajstić information content (AvgIpc) is 3.09. The Morgan fingerprint density at radius 1 is 1.56 bits per heavy atom. The highest BCUT2D eigenvalue weighted by atomic mass is 16.5. The first-order chi connectivity index (χ1) is 8.41. The number of carbonyl (C=O) groups is 1. The van der Waals surface area contributed by atoms with Crippen molar-refractivity contribution in [1.82, 2.24) is 10.2 Å². The van der Waals surface area contributed by atoms with Gasteiger partial charge in [0.25, 0.3) is 0 Å². The van der Waals surface area contributed by atoms with Crippen LogP contribution in [0.2, 0.25) is 0 Å². The Morgan fingerprint density at radius 3 is 2.78 bits per heavy atom. The lowest BCUT2D eigenvalue weighted by molar-refractivity contribution is -0.149. The van der Waals surface area contributed by atoms with E-state index in [1.54, 1.807) is 0 Å². The van der Waals surface area contributed by atoms with Crippen LogP contribution >= 0.6 is 0 Å². The Bertz CT molecular complexity index is 315. The molecule has 0 spiro atoms. The van der Waals surface area contributed by atoms with Crippen LogP contribution in [0.3, 0.4) is 0 Å². The molecule has 0 bridgehead atoms. The topological polar surface area (TPSA) is 67.6 Å². The zero-order valence-corrected chi connectivity index (χ0v) is 11.6. The normalized spacial score (nSPS) is 29.9. The van der Waals surface area contributed by atoms with E-state index in [4.69, 9.17) is 10.5 Å². The highest BCUT2D eigenvalue weighted by Gasteiger charge is 2.37. The van der Waals surface area contributed by atoms with E-state index in [-0.39, 0.29) is 23.7 Å². The van der Waals surface area contributed by atoms with Crippen molar-refractivity contribution in [2.24, 2.45) is 5.73 Å². The number of nitrogens with two attached hydrogens (primary N) is 1. The van der Waals surface area contributed by atoms with E-state index in [0.29, 0.717) is 12.6 Å². The van der Waals surface area contributed by atoms with Crippen molar-refractivity contribution in [3.05, 3.63) is 0 Å². The molecule has 3 N–H and O–H groups in total. The third-order valence-electron chi connectivity index (χ3n) is 3.62. The second-order valence-corrected chi connectivity index (χ2v) is 6.12. The monoisotopic (exact) mass is 255 g/mol. The Morgan fingerprint density at radius 2 is 2.22 bits per heavy atom. The lowest BCUT2D eigenvalue weighted by Crippen LogP contribution is -2.59. The van der Waals surface area contributed by atoms with Gasteiger partial charge in [-0.15, -0.1) is 0 Å². The van der Waals surface area contributed by atoms with E-state index in [1.165, 1.54) is 0 Å². The molecule has 0 aromatic heterocycles. The van der Waals surface area contributed by atoms with Crippen molar-refractivity contribution in [3.8, 4) is 0 Å². The standard InChI is InChI=1S/C13H25N3O2/c1-9(12(17)15-10-4-5-10)16-7-11(6-14)18-13(2,3)8-16/h9-11H,4-8,14H2,1-3H3,(H,15,17). The summed E-state index contributed by atoms with van der Waals surface area (Å²) in [7, 11) is 0. The largest absolute Gasteiger partial charge is 0.368 e. The quantitative estimate of drug-likeness (QED) is 0.747. The SMILES string of the molecule is CC(C(=O)NC1CC1)N1CC(CN)OC(C)(C)C1. The molecule has 104 valence electrons. The molecule has 2 rings (SSSR count). The predicted molar refractivity (Wildman–Crippen MR) is 70.2 cm³/mol. The summed E-state index contributed by atoms with van der Waals surface area (Å²) >= 11 is 0. The van der Waals surface area contributed by atoms with Gasteiger partial charge >= 0.3 is 0 Å². The molecule has 5 heteroatoms. The highest BCUT2D eigenvalue weighted by molar-refractivity contribution is 5.81. The summed E-state index contributed by atoms with van der Waals surface area (Å²) < 4.78 is 5.88. The summed E-state index contributed by atoms with van der Waals surface area (Å²) in [6.45, 7) is 8.06. The molecule has 1 aliphatic carbocycles. The third-order valence-corrected chi connectivity index (χ3v) is 3.62. The van der Waals surface area contributed by atoms with Crippen LogP contribution in [-0.4, -0.2) is 54.2 Å². The number of hydrogen-bond acceptors (Lipinski definition) is 4. The minimum atomic E-state index is -0.240. The molecule has 1 aliphatic heterocycles. The highest BCUT2D eigenvalue weighted by Crippen LogP contribution is 2.23. The fourth-order valence-electron chi connectivity index (χ4n) is 2.47. The molecule has 1 saturated carbocycles. The molecule has 2 unspecified atom stereocenters. The lowest BCUT2D eigenvalue weighted by Gasteiger charge is -2.44. The fraction of sp³-hybridized carbons (Fsp3) is 0.923. The van der Waals surface area contributed by atoms with Crippen LogP contribution < -0.4 is 11.1 Å². The number of hydrogen-bond donors (Lipinski definition) is 2. The molecule has 1 amide bonds. The molecule has 2 atom stereocenters. The lowest BCUT2D eigenvalue weighted by atomic mass is 10.0. The van der Waals surface area contributed by atoms with Crippen molar-refractivity contribution in [3.63, 3.8) is 0 Å². The van der Waals surface area contributed by atoms with Gasteiger partial charge in [0.05, 0.1) is 17.7 Å². The molecule has 0 radical (unpaired) electrons. The minimum absolute atomic E-state index is 0.0184. The minimum Gasteiger partial charge on any atom is -0.368 e. The van der Waals surface area contributed by atoms with E-state index in [2.05, 4.69) is 10.2 Å². The van der Waals surface area contributed by atoms with Gasteiger partial charge in [0, 0.05) is 25.7 Å². The molecule has 2 fully saturated rings. The van der Waals surface area contributed by atoms with E-state index >= 15 is 0 Å². The van der Waals surface area contributed by atoms with Gasteiger partial charge in [-0.2, -0.15) is 0 Å². The van der Waals surface area contributed by atoms with Crippen molar-refractivity contribution >= 4 is 5.91 Å². The second-order valence-electron chi connectivity index (χ2n) is 6.12. The Hall–Kier alpha value is -0.650. The van der Waals surface area contributed by atoms with E-state index < -0.39 is 0 Å². The molecule has 18 heavy (non-hydrogen) atoms. The van der Waals surface area contributed by atoms with E-state index in [1.807, 2.05) is 20.8 Å². The van der Waals surface area contributed by atoms with Crippen LogP contribution in [0.1, 0.15) is 33.6 Å². The maximum atomic E-state index is 12.1. The second kappa shape index (κ2) is 5.15. The number of rotatable bonds is 4. The number of ether oxygens (including phenoxy) is 1. The van der Waals surface area contributed by atoms with Crippen molar-refractivity contribution in [1.29, 1.82) is 0 Å². The summed E-state index contributed by atoms with van der Waals surface area (Å²) in [6.07, 6.45) is 2.27. The smallest absolute Gasteiger partial charge is 0.237 e. The first kappa shape index (κ1) is 13.8. The molecular formula is C13H25N3O2. The van der Waals surface area contributed by atoms with Gasteiger partial charge in [-0.1, -0.05) is 0 Å². The zero-order valence-electron chi connectivity index (χ0n) is 11.6. The van der Waals surface area contributed by atoms with Gasteiger partial charge in [0.1, 0.15) is 0 Å². The van der Waals surface area contributed by atoms with Gasteiger partial charge in [-0.05, 0) is 33.6 Å². The van der Waals surface area contributed by atoms with Gasteiger partial charge in [0.2, 0.25) is 5.91 Å². The Kier molecular flexibility index (Phi) is 3.94. The third kappa shape index (κ3) is 3.43. The van der Waals surface area contributed by atoms with Gasteiger partial charge in [0.15, 0.2) is 0 Å². The molecule has 0 aromatic carbocycles. The summed E-state index contributed by atoms with van der Waals surface area (Å²) in [5, 5.41) is 3.06. The maximum absolute atomic E-state index is 12.1. The Labute approximate surface area is 109 Å². The van der Waals surface area contributed by atoms with Crippen LogP contribution in [0.5, 0.6) is 0 Å². The van der Waals surface area contributed by atoms with E-state index in [9.17, 15) is 4.79 Å². The summed E-state index contributed by atoms with van der Waals surface area (Å²) in [6, 6.07) is 0.308. The number of carbonyl (C=O) groups excluding carboxylic acids is 1. The number of morpholine rings is 1. The van der Waals surface area contributed by atoms with Crippen LogP contribution in [0.15, 0.2) is 0 Å². The number of nitrogens with zero attached hydrogens (tertiary/aromatic N) is 1. The number of nitrogens with one attached hydrogen (secondary N) is 1. The van der Waals surface area contributed by atoms with Crippen molar-refractivity contribution in [2.75, 3.05) is 19.6 Å². The van der Waals surface area contributed by atoms with Gasteiger partial charge in [-0.3, -0.25) is 9.69 Å². The predicted octanol–water partition coefficient (Wildman–Crippen LogP) is 0.0916. The summed E-state index contributed by atoms with van der Waals surface area (Å²) in [4.78, 5) is 14.3. The zero-order chi connectivity index (χ0) is 13.3. The maximum Gasteiger partial charge on any atom is 0.237 e.